The lowest BCUT2D eigenvalue weighted by Gasteiger charge is -2.24. The maximum atomic E-state index is 13.7. The minimum Gasteiger partial charge on any atom is -0.365 e. The first-order chi connectivity index (χ1) is 9.50. The number of piperidine rings is 1. The number of hydrogen-bond donors (Lipinski definition) is 1. The summed E-state index contributed by atoms with van der Waals surface area (Å²) >= 11 is 0. The van der Waals surface area contributed by atoms with Crippen molar-refractivity contribution in [2.75, 3.05) is 24.5 Å². The van der Waals surface area contributed by atoms with Crippen molar-refractivity contribution < 1.29 is 22.0 Å². The van der Waals surface area contributed by atoms with Gasteiger partial charge < -0.3 is 10.2 Å². The minimum absolute atomic E-state index is 0.0405. The topological polar surface area (TPSA) is 15.3 Å². The molecule has 2 aliphatic heterocycles. The molecule has 20 heavy (non-hydrogen) atoms. The Labute approximate surface area is 112 Å². The van der Waals surface area contributed by atoms with Gasteiger partial charge in [0.2, 0.25) is 5.82 Å². The van der Waals surface area contributed by atoms with Crippen LogP contribution in [0, 0.1) is 35.0 Å². The number of benzene rings is 1. The van der Waals surface area contributed by atoms with Gasteiger partial charge in [0.1, 0.15) is 5.69 Å². The molecule has 2 aliphatic rings. The lowest BCUT2D eigenvalue weighted by atomic mass is 9.94. The molecule has 2 atom stereocenters. The van der Waals surface area contributed by atoms with Crippen LogP contribution in [0.15, 0.2) is 0 Å². The van der Waals surface area contributed by atoms with Crippen molar-refractivity contribution in [3.05, 3.63) is 29.1 Å². The molecule has 0 radical (unpaired) electrons. The smallest absolute Gasteiger partial charge is 0.200 e. The maximum absolute atomic E-state index is 13.7. The molecule has 2 heterocycles. The third-order valence-electron chi connectivity index (χ3n) is 4.10. The molecule has 3 rings (SSSR count). The Morgan fingerprint density at radius 2 is 1.45 bits per heavy atom. The molecule has 1 N–H and O–H groups in total. The van der Waals surface area contributed by atoms with Crippen molar-refractivity contribution in [2.45, 2.75) is 18.9 Å². The number of nitrogens with one attached hydrogen (secondary N) is 1. The summed E-state index contributed by atoms with van der Waals surface area (Å²) in [4.78, 5) is 1.25. The molecule has 1 aromatic rings. The van der Waals surface area contributed by atoms with E-state index >= 15 is 0 Å². The second-order valence-corrected chi connectivity index (χ2v) is 5.29. The fourth-order valence-electron chi connectivity index (χ4n) is 3.10. The number of nitrogens with zero attached hydrogens (tertiary/aromatic N) is 1. The predicted octanol–water partition coefficient (Wildman–Crippen LogP) is 2.57. The second-order valence-electron chi connectivity index (χ2n) is 5.29. The van der Waals surface area contributed by atoms with Gasteiger partial charge in [-0.1, -0.05) is 0 Å². The zero-order chi connectivity index (χ0) is 14.4. The number of halogens is 5. The van der Waals surface area contributed by atoms with Gasteiger partial charge in [-0.25, -0.2) is 22.0 Å². The van der Waals surface area contributed by atoms with Gasteiger partial charge in [-0.2, -0.15) is 0 Å². The molecule has 2 saturated heterocycles. The van der Waals surface area contributed by atoms with E-state index < -0.39 is 34.8 Å². The lowest BCUT2D eigenvalue weighted by molar-refractivity contribution is 0.339. The van der Waals surface area contributed by atoms with Gasteiger partial charge in [-0.15, -0.1) is 0 Å². The van der Waals surface area contributed by atoms with Gasteiger partial charge in [-0.05, 0) is 25.3 Å². The summed E-state index contributed by atoms with van der Waals surface area (Å²) in [6.45, 7) is 1.37. The minimum atomic E-state index is -2.11. The van der Waals surface area contributed by atoms with Crippen molar-refractivity contribution in [2.24, 2.45) is 5.92 Å². The van der Waals surface area contributed by atoms with Crippen LogP contribution < -0.4 is 10.2 Å². The van der Waals surface area contributed by atoms with Crippen molar-refractivity contribution in [1.29, 1.82) is 0 Å². The van der Waals surface area contributed by atoms with Gasteiger partial charge in [0.05, 0.1) is 0 Å². The summed E-state index contributed by atoms with van der Waals surface area (Å²) in [5.41, 5.74) is -0.808. The molecule has 2 nitrogen and oxygen atoms in total. The molecule has 0 bridgehead atoms. The lowest BCUT2D eigenvalue weighted by Crippen LogP contribution is -2.40. The van der Waals surface area contributed by atoms with E-state index in [1.165, 1.54) is 4.90 Å². The molecule has 0 aromatic heterocycles. The molecule has 0 unspecified atom stereocenters. The largest absolute Gasteiger partial charge is 0.365 e. The summed E-state index contributed by atoms with van der Waals surface area (Å²) in [7, 11) is 0. The van der Waals surface area contributed by atoms with E-state index in [1.54, 1.807) is 0 Å². The SMILES string of the molecule is Fc1c(F)c(F)c(N2C[C@@H]3CCCN[C@@H]3C2)c(F)c1F. The monoisotopic (exact) mass is 292 g/mol. The highest BCUT2D eigenvalue weighted by Gasteiger charge is 2.38. The quantitative estimate of drug-likeness (QED) is 0.486. The second kappa shape index (κ2) is 4.87. The summed E-state index contributed by atoms with van der Waals surface area (Å²) in [6, 6.07) is 0.0405. The molecule has 0 aliphatic carbocycles. The zero-order valence-electron chi connectivity index (χ0n) is 10.5. The van der Waals surface area contributed by atoms with E-state index in [2.05, 4.69) is 5.32 Å². The summed E-state index contributed by atoms with van der Waals surface area (Å²) < 4.78 is 67.0. The molecule has 1 aromatic carbocycles. The van der Waals surface area contributed by atoms with Gasteiger partial charge in [0, 0.05) is 19.1 Å². The van der Waals surface area contributed by atoms with E-state index in [0.29, 0.717) is 6.54 Å². The third-order valence-corrected chi connectivity index (χ3v) is 4.10. The van der Waals surface area contributed by atoms with Crippen molar-refractivity contribution in [3.63, 3.8) is 0 Å². The van der Waals surface area contributed by atoms with E-state index in [-0.39, 0.29) is 18.5 Å². The van der Waals surface area contributed by atoms with Crippen molar-refractivity contribution in [3.8, 4) is 0 Å². The van der Waals surface area contributed by atoms with Crippen LogP contribution in [0.2, 0.25) is 0 Å². The van der Waals surface area contributed by atoms with Crippen LogP contribution in [-0.2, 0) is 0 Å². The first-order valence-electron chi connectivity index (χ1n) is 6.50. The molecular formula is C13H13F5N2. The molecular weight excluding hydrogens is 279 g/mol. The fourth-order valence-corrected chi connectivity index (χ4v) is 3.10. The summed E-state index contributed by atoms with van der Waals surface area (Å²) in [5, 5.41) is 3.21. The van der Waals surface area contributed by atoms with Gasteiger partial charge in [0.25, 0.3) is 0 Å². The Hall–Kier alpha value is -1.37. The van der Waals surface area contributed by atoms with Crippen LogP contribution in [0.5, 0.6) is 0 Å². The molecule has 0 saturated carbocycles. The fraction of sp³-hybridized carbons (Fsp3) is 0.538. The normalized spacial score (nSPS) is 25.9. The van der Waals surface area contributed by atoms with E-state index in [4.69, 9.17) is 0 Å². The van der Waals surface area contributed by atoms with Gasteiger partial charge >= 0.3 is 0 Å². The molecule has 0 spiro atoms. The van der Waals surface area contributed by atoms with Crippen LogP contribution in [-0.4, -0.2) is 25.7 Å². The van der Waals surface area contributed by atoms with Crippen LogP contribution >= 0.6 is 0 Å². The number of fused-ring (bicyclic) bond motifs is 1. The number of rotatable bonds is 1. The van der Waals surface area contributed by atoms with Gasteiger partial charge in [0.15, 0.2) is 23.3 Å². The average molecular weight is 292 g/mol. The standard InChI is InChI=1S/C13H13F5N2/c14-8-9(15)11(17)13(12(18)10(8)16)20-4-6-2-1-3-19-7(6)5-20/h6-7,19H,1-5H2/t6-,7+/m0/s1. The van der Waals surface area contributed by atoms with Crippen molar-refractivity contribution >= 4 is 5.69 Å². The Kier molecular flexibility index (Phi) is 3.32. The third kappa shape index (κ3) is 1.95. The number of anilines is 1. The van der Waals surface area contributed by atoms with Crippen molar-refractivity contribution in [1.82, 2.24) is 5.32 Å². The van der Waals surface area contributed by atoms with Crippen LogP contribution in [0.3, 0.4) is 0 Å². The highest BCUT2D eigenvalue weighted by atomic mass is 19.2. The first-order valence-corrected chi connectivity index (χ1v) is 6.50. The summed E-state index contributed by atoms with van der Waals surface area (Å²) in [5.74, 6) is -9.21. The van der Waals surface area contributed by atoms with Gasteiger partial charge in [-0.3, -0.25) is 0 Å². The Bertz CT molecular complexity index is 505. The Balaban J connectivity index is 1.99. The highest BCUT2D eigenvalue weighted by Crippen LogP contribution is 2.35. The van der Waals surface area contributed by atoms with Crippen LogP contribution in [0.4, 0.5) is 27.6 Å². The maximum Gasteiger partial charge on any atom is 0.200 e. The zero-order valence-corrected chi connectivity index (χ0v) is 10.5. The van der Waals surface area contributed by atoms with E-state index in [0.717, 1.165) is 19.4 Å². The molecule has 2 fully saturated rings. The van der Waals surface area contributed by atoms with E-state index in [9.17, 15) is 22.0 Å². The first kappa shape index (κ1) is 13.6. The van der Waals surface area contributed by atoms with E-state index in [1.807, 2.05) is 0 Å². The number of hydrogen-bond acceptors (Lipinski definition) is 2. The molecule has 110 valence electrons. The highest BCUT2D eigenvalue weighted by molar-refractivity contribution is 5.52. The average Bonchev–Trinajstić information content (AvgIpc) is 2.86. The van der Waals surface area contributed by atoms with Crippen LogP contribution in [0.25, 0.3) is 0 Å². The molecule has 7 heteroatoms. The summed E-state index contributed by atoms with van der Waals surface area (Å²) in [6.07, 6.45) is 1.84. The molecule has 0 amide bonds. The Morgan fingerprint density at radius 3 is 2.05 bits per heavy atom. The van der Waals surface area contributed by atoms with Crippen LogP contribution in [0.1, 0.15) is 12.8 Å². The predicted molar refractivity (Wildman–Crippen MR) is 63.0 cm³/mol. The Morgan fingerprint density at radius 1 is 0.850 bits per heavy atom.